The second-order valence-corrected chi connectivity index (χ2v) is 6.47. The Morgan fingerprint density at radius 3 is 2.56 bits per heavy atom. The Labute approximate surface area is 124 Å². The summed E-state index contributed by atoms with van der Waals surface area (Å²) in [6.45, 7) is 3.23. The molecule has 0 aromatic heterocycles. The van der Waals surface area contributed by atoms with Crippen molar-refractivity contribution in [3.05, 3.63) is 33.4 Å². The van der Waals surface area contributed by atoms with Crippen LogP contribution in [0.5, 0.6) is 0 Å². The van der Waals surface area contributed by atoms with Gasteiger partial charge in [0.2, 0.25) is 0 Å². The minimum Gasteiger partial charge on any atom is -0.311 e. The zero-order valence-electron chi connectivity index (χ0n) is 11.2. The molecule has 3 heteroatoms. The number of hydrogen-bond donors (Lipinski definition) is 1. The van der Waals surface area contributed by atoms with E-state index in [0.717, 1.165) is 25.7 Å². The molecule has 0 saturated heterocycles. The molecule has 0 radical (unpaired) electrons. The van der Waals surface area contributed by atoms with E-state index in [1.165, 1.54) is 34.8 Å². The van der Waals surface area contributed by atoms with Crippen molar-refractivity contribution in [2.24, 2.45) is 0 Å². The highest BCUT2D eigenvalue weighted by molar-refractivity contribution is 14.1. The standard InChI is InChI=1S/C15H23IN2/c1-18(15-4-2-3-5-15)11-10-17-12-13-6-8-14(16)9-7-13/h6-9,15,17H,2-5,10-12H2,1H3. The molecule has 0 bridgehead atoms. The third-order valence-electron chi connectivity index (χ3n) is 3.83. The fraction of sp³-hybridized carbons (Fsp3) is 0.600. The lowest BCUT2D eigenvalue weighted by atomic mass is 10.2. The second-order valence-electron chi connectivity index (χ2n) is 5.22. The zero-order chi connectivity index (χ0) is 12.8. The van der Waals surface area contributed by atoms with Crippen LogP contribution in [0.1, 0.15) is 31.2 Å². The van der Waals surface area contributed by atoms with Gasteiger partial charge in [0, 0.05) is 29.2 Å². The molecule has 0 aliphatic heterocycles. The van der Waals surface area contributed by atoms with E-state index in [-0.39, 0.29) is 0 Å². The maximum Gasteiger partial charge on any atom is 0.0206 e. The van der Waals surface area contributed by atoms with Crippen LogP contribution in [0.3, 0.4) is 0 Å². The van der Waals surface area contributed by atoms with Gasteiger partial charge < -0.3 is 10.2 Å². The van der Waals surface area contributed by atoms with E-state index in [1.54, 1.807) is 0 Å². The van der Waals surface area contributed by atoms with E-state index < -0.39 is 0 Å². The Morgan fingerprint density at radius 2 is 1.89 bits per heavy atom. The van der Waals surface area contributed by atoms with Crippen LogP contribution in [0.2, 0.25) is 0 Å². The van der Waals surface area contributed by atoms with Crippen molar-refractivity contribution in [2.75, 3.05) is 20.1 Å². The number of nitrogens with one attached hydrogen (secondary N) is 1. The van der Waals surface area contributed by atoms with Gasteiger partial charge in [-0.3, -0.25) is 0 Å². The molecule has 1 aliphatic rings. The first-order valence-electron chi connectivity index (χ1n) is 6.91. The fourth-order valence-corrected chi connectivity index (χ4v) is 2.98. The summed E-state index contributed by atoms with van der Waals surface area (Å²) in [6, 6.07) is 9.58. The van der Waals surface area contributed by atoms with Crippen molar-refractivity contribution < 1.29 is 0 Å². The van der Waals surface area contributed by atoms with Crippen LogP contribution in [0.15, 0.2) is 24.3 Å². The Morgan fingerprint density at radius 1 is 1.22 bits per heavy atom. The summed E-state index contributed by atoms with van der Waals surface area (Å²) < 4.78 is 1.30. The Kier molecular flexibility index (Phi) is 5.92. The van der Waals surface area contributed by atoms with Crippen LogP contribution in [0, 0.1) is 3.57 Å². The number of benzene rings is 1. The van der Waals surface area contributed by atoms with Gasteiger partial charge >= 0.3 is 0 Å². The normalized spacial score (nSPS) is 16.6. The van der Waals surface area contributed by atoms with Gasteiger partial charge in [0.15, 0.2) is 0 Å². The quantitative estimate of drug-likeness (QED) is 0.620. The lowest BCUT2D eigenvalue weighted by Crippen LogP contribution is -2.35. The molecule has 18 heavy (non-hydrogen) atoms. The molecule has 100 valence electrons. The highest BCUT2D eigenvalue weighted by Crippen LogP contribution is 2.21. The van der Waals surface area contributed by atoms with E-state index in [2.05, 4.69) is 64.1 Å². The fourth-order valence-electron chi connectivity index (χ4n) is 2.62. The van der Waals surface area contributed by atoms with E-state index >= 15 is 0 Å². The number of nitrogens with zero attached hydrogens (tertiary/aromatic N) is 1. The molecule has 1 saturated carbocycles. The molecule has 2 nitrogen and oxygen atoms in total. The summed E-state index contributed by atoms with van der Waals surface area (Å²) >= 11 is 2.34. The summed E-state index contributed by atoms with van der Waals surface area (Å²) in [5.41, 5.74) is 1.37. The molecular formula is C15H23IN2. The van der Waals surface area contributed by atoms with Gasteiger partial charge in [-0.1, -0.05) is 25.0 Å². The topological polar surface area (TPSA) is 15.3 Å². The first-order chi connectivity index (χ1) is 8.75. The highest BCUT2D eigenvalue weighted by atomic mass is 127. The van der Waals surface area contributed by atoms with Gasteiger partial charge in [0.1, 0.15) is 0 Å². The monoisotopic (exact) mass is 358 g/mol. The van der Waals surface area contributed by atoms with Crippen LogP contribution >= 0.6 is 22.6 Å². The van der Waals surface area contributed by atoms with Gasteiger partial charge in [-0.15, -0.1) is 0 Å². The summed E-state index contributed by atoms with van der Waals surface area (Å²) in [4.78, 5) is 2.52. The minimum atomic E-state index is 0.838. The predicted molar refractivity (Wildman–Crippen MR) is 85.8 cm³/mol. The van der Waals surface area contributed by atoms with E-state index in [9.17, 15) is 0 Å². The summed E-state index contributed by atoms with van der Waals surface area (Å²) in [6.07, 6.45) is 5.64. The van der Waals surface area contributed by atoms with Crippen molar-refractivity contribution in [1.29, 1.82) is 0 Å². The minimum absolute atomic E-state index is 0.838. The SMILES string of the molecule is CN(CCNCc1ccc(I)cc1)C1CCCC1. The van der Waals surface area contributed by atoms with Crippen LogP contribution in [-0.2, 0) is 6.54 Å². The molecule has 1 aliphatic carbocycles. The first-order valence-corrected chi connectivity index (χ1v) is 7.99. The van der Waals surface area contributed by atoms with Crippen molar-refractivity contribution in [3.8, 4) is 0 Å². The van der Waals surface area contributed by atoms with Gasteiger partial charge in [-0.25, -0.2) is 0 Å². The molecule has 0 atom stereocenters. The molecule has 0 heterocycles. The molecule has 1 N–H and O–H groups in total. The van der Waals surface area contributed by atoms with E-state index in [1.807, 2.05) is 0 Å². The largest absolute Gasteiger partial charge is 0.311 e. The molecule has 1 aromatic rings. The third kappa shape index (κ3) is 4.52. The number of rotatable bonds is 6. The highest BCUT2D eigenvalue weighted by Gasteiger charge is 2.18. The molecule has 1 fully saturated rings. The van der Waals surface area contributed by atoms with Crippen LogP contribution < -0.4 is 5.32 Å². The summed E-state index contributed by atoms with van der Waals surface area (Å²) in [5.74, 6) is 0. The molecule has 0 amide bonds. The molecule has 0 unspecified atom stereocenters. The lowest BCUT2D eigenvalue weighted by Gasteiger charge is -2.23. The molecule has 0 spiro atoms. The van der Waals surface area contributed by atoms with Crippen LogP contribution in [-0.4, -0.2) is 31.1 Å². The number of hydrogen-bond acceptors (Lipinski definition) is 2. The van der Waals surface area contributed by atoms with Crippen molar-refractivity contribution in [1.82, 2.24) is 10.2 Å². The van der Waals surface area contributed by atoms with Crippen LogP contribution in [0.4, 0.5) is 0 Å². The third-order valence-corrected chi connectivity index (χ3v) is 4.55. The average molecular weight is 358 g/mol. The molecule has 2 rings (SSSR count). The summed E-state index contributed by atoms with van der Waals surface area (Å²) in [5, 5.41) is 3.53. The lowest BCUT2D eigenvalue weighted by molar-refractivity contribution is 0.245. The predicted octanol–water partition coefficient (Wildman–Crippen LogP) is 3.26. The smallest absolute Gasteiger partial charge is 0.0206 e. The summed E-state index contributed by atoms with van der Waals surface area (Å²) in [7, 11) is 2.27. The maximum absolute atomic E-state index is 3.53. The van der Waals surface area contributed by atoms with Crippen molar-refractivity contribution in [3.63, 3.8) is 0 Å². The van der Waals surface area contributed by atoms with Gasteiger partial charge in [-0.05, 0) is 60.2 Å². The molecular weight excluding hydrogens is 335 g/mol. The Balaban J connectivity index is 1.62. The number of likely N-dealkylation sites (N-methyl/N-ethyl adjacent to an activating group) is 1. The first kappa shape index (κ1) is 14.3. The Bertz CT molecular complexity index is 344. The molecule has 1 aromatic carbocycles. The van der Waals surface area contributed by atoms with Gasteiger partial charge in [0.05, 0.1) is 0 Å². The van der Waals surface area contributed by atoms with E-state index in [4.69, 9.17) is 0 Å². The van der Waals surface area contributed by atoms with Crippen molar-refractivity contribution in [2.45, 2.75) is 38.3 Å². The average Bonchev–Trinajstić information content (AvgIpc) is 2.90. The number of halogens is 1. The Hall–Kier alpha value is -0.130. The van der Waals surface area contributed by atoms with E-state index in [0.29, 0.717) is 0 Å². The zero-order valence-corrected chi connectivity index (χ0v) is 13.3. The second kappa shape index (κ2) is 7.46. The van der Waals surface area contributed by atoms with Gasteiger partial charge in [0.25, 0.3) is 0 Å². The van der Waals surface area contributed by atoms with Crippen molar-refractivity contribution >= 4 is 22.6 Å². The van der Waals surface area contributed by atoms with Gasteiger partial charge in [-0.2, -0.15) is 0 Å². The van der Waals surface area contributed by atoms with Crippen LogP contribution in [0.25, 0.3) is 0 Å². The maximum atomic E-state index is 3.53.